The highest BCUT2D eigenvalue weighted by Crippen LogP contribution is 2.33. The van der Waals surface area contributed by atoms with Gasteiger partial charge in [0.05, 0.1) is 5.56 Å². The monoisotopic (exact) mass is 398 g/mol. The summed E-state index contributed by atoms with van der Waals surface area (Å²) in [6, 6.07) is 14.7. The van der Waals surface area contributed by atoms with Gasteiger partial charge in [0.1, 0.15) is 4.90 Å². The van der Waals surface area contributed by atoms with Gasteiger partial charge >= 0.3 is 0 Å². The molecule has 0 saturated carbocycles. The van der Waals surface area contributed by atoms with Gasteiger partial charge in [-0.05, 0) is 54.5 Å². The van der Waals surface area contributed by atoms with Crippen LogP contribution in [0.2, 0.25) is 0 Å². The van der Waals surface area contributed by atoms with Crippen LogP contribution in [0.3, 0.4) is 0 Å². The fraction of sp³-hybridized carbons (Fsp3) is 0.409. The minimum atomic E-state index is -3.76. The Balaban J connectivity index is 1.54. The van der Waals surface area contributed by atoms with Gasteiger partial charge in [-0.25, -0.2) is 12.7 Å². The Labute approximate surface area is 167 Å². The lowest BCUT2D eigenvalue weighted by atomic mass is 9.97. The van der Waals surface area contributed by atoms with Gasteiger partial charge in [0.15, 0.2) is 0 Å². The first-order chi connectivity index (χ1) is 13.4. The lowest BCUT2D eigenvalue weighted by Gasteiger charge is -2.32. The van der Waals surface area contributed by atoms with E-state index >= 15 is 0 Å². The van der Waals surface area contributed by atoms with Crippen LogP contribution >= 0.6 is 0 Å². The number of hydrogen-bond donors (Lipinski definition) is 0. The maximum absolute atomic E-state index is 12.8. The van der Waals surface area contributed by atoms with Crippen molar-refractivity contribution in [3.05, 3.63) is 59.7 Å². The lowest BCUT2D eigenvalue weighted by molar-refractivity contribution is 0.0867. The van der Waals surface area contributed by atoms with Crippen molar-refractivity contribution < 1.29 is 13.2 Å². The summed E-state index contributed by atoms with van der Waals surface area (Å²) in [5.41, 5.74) is 2.50. The van der Waals surface area contributed by atoms with Gasteiger partial charge in [-0.15, -0.1) is 0 Å². The summed E-state index contributed by atoms with van der Waals surface area (Å²) in [7, 11) is -3.76. The first kappa shape index (κ1) is 19.0. The van der Waals surface area contributed by atoms with Gasteiger partial charge in [-0.1, -0.05) is 38.1 Å². The molecule has 2 aromatic rings. The molecule has 2 aliphatic heterocycles. The van der Waals surface area contributed by atoms with Crippen LogP contribution < -0.4 is 4.90 Å². The van der Waals surface area contributed by atoms with Crippen LogP contribution in [0.4, 0.5) is 5.69 Å². The van der Waals surface area contributed by atoms with Gasteiger partial charge in [-0.2, -0.15) is 0 Å². The second kappa shape index (κ2) is 7.24. The molecule has 0 N–H and O–H groups in total. The first-order valence-corrected chi connectivity index (χ1v) is 11.3. The number of fused-ring (bicyclic) bond motifs is 1. The molecule has 0 aliphatic carbocycles. The molecule has 0 aromatic heterocycles. The third-order valence-electron chi connectivity index (χ3n) is 5.94. The highest BCUT2D eigenvalue weighted by molar-refractivity contribution is 7.90. The molecule has 1 atom stereocenters. The zero-order valence-electron chi connectivity index (χ0n) is 16.3. The molecule has 0 bridgehead atoms. The zero-order valence-corrected chi connectivity index (χ0v) is 17.2. The molecule has 2 aliphatic rings. The van der Waals surface area contributed by atoms with E-state index < -0.39 is 15.9 Å². The summed E-state index contributed by atoms with van der Waals surface area (Å²) in [6.07, 6.45) is 2.39. The summed E-state index contributed by atoms with van der Waals surface area (Å²) in [5.74, 6) is 0.256. The van der Waals surface area contributed by atoms with Crippen molar-refractivity contribution in [1.29, 1.82) is 0 Å². The van der Waals surface area contributed by atoms with Crippen LogP contribution in [0.1, 0.15) is 48.5 Å². The number of benzene rings is 2. The van der Waals surface area contributed by atoms with Gasteiger partial charge in [0.2, 0.25) is 0 Å². The molecule has 1 amide bonds. The van der Waals surface area contributed by atoms with E-state index in [0.29, 0.717) is 0 Å². The molecule has 2 heterocycles. The van der Waals surface area contributed by atoms with Crippen molar-refractivity contribution in [2.24, 2.45) is 5.92 Å². The summed E-state index contributed by atoms with van der Waals surface area (Å²) in [4.78, 5) is 15.2. The van der Waals surface area contributed by atoms with Crippen LogP contribution in [-0.2, 0) is 10.0 Å². The normalized spacial score (nSPS) is 20.3. The fourth-order valence-electron chi connectivity index (χ4n) is 4.06. The van der Waals surface area contributed by atoms with Crippen LogP contribution in [-0.4, -0.2) is 38.3 Å². The van der Waals surface area contributed by atoms with Crippen LogP contribution in [0.15, 0.2) is 53.4 Å². The van der Waals surface area contributed by atoms with Crippen LogP contribution in [0, 0.1) is 5.92 Å². The van der Waals surface area contributed by atoms with E-state index in [2.05, 4.69) is 24.0 Å². The van der Waals surface area contributed by atoms with E-state index in [0.717, 1.165) is 28.9 Å². The molecule has 28 heavy (non-hydrogen) atoms. The zero-order chi connectivity index (χ0) is 19.9. The van der Waals surface area contributed by atoms with Gasteiger partial charge in [0.25, 0.3) is 15.9 Å². The van der Waals surface area contributed by atoms with E-state index in [4.69, 9.17) is 0 Å². The van der Waals surface area contributed by atoms with Crippen molar-refractivity contribution in [2.45, 2.75) is 37.5 Å². The number of piperidine rings is 1. The average molecular weight is 399 g/mol. The fourth-order valence-corrected chi connectivity index (χ4v) is 5.72. The second-order valence-corrected chi connectivity index (χ2v) is 9.83. The number of amides is 1. The molecule has 0 spiro atoms. The molecule has 0 radical (unpaired) electrons. The van der Waals surface area contributed by atoms with Crippen molar-refractivity contribution in [3.8, 4) is 0 Å². The van der Waals surface area contributed by atoms with Crippen molar-refractivity contribution in [2.75, 3.05) is 24.5 Å². The molecule has 1 saturated heterocycles. The Morgan fingerprint density at radius 2 is 1.79 bits per heavy atom. The van der Waals surface area contributed by atoms with E-state index in [1.165, 1.54) is 24.6 Å². The van der Waals surface area contributed by atoms with Crippen LogP contribution in [0.5, 0.6) is 0 Å². The van der Waals surface area contributed by atoms with Crippen LogP contribution in [0.25, 0.3) is 0 Å². The number of rotatable bonds is 4. The molecule has 4 rings (SSSR count). The highest BCUT2D eigenvalue weighted by Gasteiger charge is 2.41. The molecule has 1 unspecified atom stereocenters. The maximum Gasteiger partial charge on any atom is 0.269 e. The molecular formula is C22H26N2O3S. The standard InChI is InChI=1S/C22H26N2O3S/c1-16-10-12-23(13-11-16)19-7-5-6-18(14-19)17(2)15-24-22(25)20-8-3-4-9-21(20)28(24,26)27/h3-9,14,16-17H,10-13,15H2,1-2H3. The van der Waals surface area contributed by atoms with E-state index in [9.17, 15) is 13.2 Å². The quantitative estimate of drug-likeness (QED) is 0.784. The highest BCUT2D eigenvalue weighted by atomic mass is 32.2. The van der Waals surface area contributed by atoms with E-state index in [1.807, 2.05) is 19.1 Å². The van der Waals surface area contributed by atoms with Crippen molar-refractivity contribution >= 4 is 21.6 Å². The molecule has 1 fully saturated rings. The number of anilines is 1. The number of hydrogen-bond acceptors (Lipinski definition) is 4. The Hall–Kier alpha value is -2.34. The second-order valence-electron chi connectivity index (χ2n) is 8.00. The summed E-state index contributed by atoms with van der Waals surface area (Å²) in [6.45, 7) is 6.52. The Bertz CT molecular complexity index is 994. The molecule has 148 valence electrons. The van der Waals surface area contributed by atoms with E-state index in [1.54, 1.807) is 18.2 Å². The summed E-state index contributed by atoms with van der Waals surface area (Å²) < 4.78 is 26.6. The third kappa shape index (κ3) is 3.30. The van der Waals surface area contributed by atoms with Crippen molar-refractivity contribution in [1.82, 2.24) is 4.31 Å². The number of nitrogens with zero attached hydrogens (tertiary/aromatic N) is 2. The third-order valence-corrected chi connectivity index (χ3v) is 7.75. The SMILES string of the molecule is CC1CCN(c2cccc(C(C)CN3C(=O)c4ccccc4S3(=O)=O)c2)CC1. The Morgan fingerprint density at radius 3 is 2.50 bits per heavy atom. The predicted octanol–water partition coefficient (Wildman–Crippen LogP) is 3.87. The average Bonchev–Trinajstić information content (AvgIpc) is 2.90. The maximum atomic E-state index is 12.8. The number of carbonyl (C=O) groups excluding carboxylic acids is 1. The van der Waals surface area contributed by atoms with Gasteiger partial charge in [0, 0.05) is 25.3 Å². The minimum Gasteiger partial charge on any atom is -0.372 e. The smallest absolute Gasteiger partial charge is 0.269 e. The largest absolute Gasteiger partial charge is 0.372 e. The Kier molecular flexibility index (Phi) is 4.91. The summed E-state index contributed by atoms with van der Waals surface area (Å²) >= 11 is 0. The first-order valence-electron chi connectivity index (χ1n) is 9.89. The minimum absolute atomic E-state index is 0.0864. The lowest BCUT2D eigenvalue weighted by Crippen LogP contribution is -2.34. The molecule has 6 heteroatoms. The summed E-state index contributed by atoms with van der Waals surface area (Å²) in [5, 5.41) is 0. The molecule has 5 nitrogen and oxygen atoms in total. The number of sulfonamides is 1. The Morgan fingerprint density at radius 1 is 1.07 bits per heavy atom. The van der Waals surface area contributed by atoms with E-state index in [-0.39, 0.29) is 22.9 Å². The predicted molar refractivity (Wildman–Crippen MR) is 110 cm³/mol. The number of carbonyl (C=O) groups is 1. The molecule has 2 aromatic carbocycles. The van der Waals surface area contributed by atoms with Gasteiger partial charge in [-0.3, -0.25) is 4.79 Å². The van der Waals surface area contributed by atoms with Crippen molar-refractivity contribution in [3.63, 3.8) is 0 Å². The topological polar surface area (TPSA) is 57.7 Å². The van der Waals surface area contributed by atoms with Gasteiger partial charge < -0.3 is 4.90 Å². The molecular weight excluding hydrogens is 372 g/mol.